The van der Waals surface area contributed by atoms with Crippen molar-refractivity contribution < 1.29 is 22.7 Å². The monoisotopic (exact) mass is 367 g/mol. The molecule has 1 atom stereocenters. The number of carbonyl (C=O) groups excluding carboxylic acids is 1. The number of amides is 1. The summed E-state index contributed by atoms with van der Waals surface area (Å²) in [6, 6.07) is 3.20. The van der Waals surface area contributed by atoms with Gasteiger partial charge in [0.05, 0.1) is 5.54 Å². The first-order chi connectivity index (χ1) is 12.1. The van der Waals surface area contributed by atoms with Crippen LogP contribution in [0.2, 0.25) is 0 Å². The molecule has 1 aromatic rings. The standard InChI is InChI=1S/C20H24F3NO2/c1-5-13-9-15(26-10-20(21,22)23)8-11(2)16(13)17-12(3)19(4,14-6-7-14)24-18(17)25/h8-9,14H,5-7,10H2,1-4H3,(H,24,25). The molecule has 1 fully saturated rings. The molecule has 0 spiro atoms. The van der Waals surface area contributed by atoms with Gasteiger partial charge in [0.15, 0.2) is 6.61 Å². The summed E-state index contributed by atoms with van der Waals surface area (Å²) in [5, 5.41) is 3.14. The molecule has 3 nitrogen and oxygen atoms in total. The Morgan fingerprint density at radius 2 is 1.92 bits per heavy atom. The quantitative estimate of drug-likeness (QED) is 0.828. The van der Waals surface area contributed by atoms with E-state index < -0.39 is 12.8 Å². The van der Waals surface area contributed by atoms with E-state index in [1.54, 1.807) is 12.1 Å². The van der Waals surface area contributed by atoms with Crippen LogP contribution in [0.5, 0.6) is 5.75 Å². The second-order valence-electron chi connectivity index (χ2n) is 7.46. The molecule has 142 valence electrons. The molecule has 0 bridgehead atoms. The van der Waals surface area contributed by atoms with Crippen LogP contribution in [0.3, 0.4) is 0 Å². The van der Waals surface area contributed by atoms with Gasteiger partial charge in [0.1, 0.15) is 5.75 Å². The van der Waals surface area contributed by atoms with Gasteiger partial charge in [-0.25, -0.2) is 0 Å². The van der Waals surface area contributed by atoms with Crippen molar-refractivity contribution in [2.24, 2.45) is 5.92 Å². The third-order valence-corrected chi connectivity index (χ3v) is 5.57. The van der Waals surface area contributed by atoms with Crippen LogP contribution >= 0.6 is 0 Å². The molecule has 1 aliphatic carbocycles. The van der Waals surface area contributed by atoms with E-state index in [2.05, 4.69) is 12.2 Å². The van der Waals surface area contributed by atoms with Gasteiger partial charge in [0, 0.05) is 5.57 Å². The number of aryl methyl sites for hydroxylation is 2. The van der Waals surface area contributed by atoms with Crippen molar-refractivity contribution in [3.63, 3.8) is 0 Å². The van der Waals surface area contributed by atoms with Gasteiger partial charge in [0.25, 0.3) is 5.91 Å². The molecule has 0 aromatic heterocycles. The van der Waals surface area contributed by atoms with Gasteiger partial charge in [-0.05, 0) is 80.3 Å². The number of halogens is 3. The van der Waals surface area contributed by atoms with Crippen molar-refractivity contribution >= 4 is 11.5 Å². The van der Waals surface area contributed by atoms with Crippen molar-refractivity contribution in [3.8, 4) is 5.75 Å². The van der Waals surface area contributed by atoms with Crippen LogP contribution in [-0.4, -0.2) is 24.2 Å². The topological polar surface area (TPSA) is 38.3 Å². The molecule has 3 rings (SSSR count). The Kier molecular flexibility index (Phi) is 4.57. The van der Waals surface area contributed by atoms with E-state index in [0.717, 1.165) is 35.1 Å². The normalized spacial score (nSPS) is 23.4. The molecule has 2 aliphatic rings. The summed E-state index contributed by atoms with van der Waals surface area (Å²) < 4.78 is 42.2. The summed E-state index contributed by atoms with van der Waals surface area (Å²) in [6.07, 6.45) is -1.57. The Bertz CT molecular complexity index is 778. The second-order valence-corrected chi connectivity index (χ2v) is 7.46. The van der Waals surface area contributed by atoms with Crippen LogP contribution in [0.4, 0.5) is 13.2 Å². The van der Waals surface area contributed by atoms with Crippen LogP contribution in [-0.2, 0) is 11.2 Å². The summed E-state index contributed by atoms with van der Waals surface area (Å²) >= 11 is 0. The van der Waals surface area contributed by atoms with Gasteiger partial charge >= 0.3 is 6.18 Å². The van der Waals surface area contributed by atoms with E-state index in [1.165, 1.54) is 0 Å². The summed E-state index contributed by atoms with van der Waals surface area (Å²) in [7, 11) is 0. The minimum absolute atomic E-state index is 0.0985. The number of benzene rings is 1. The third kappa shape index (κ3) is 3.33. The first-order valence-corrected chi connectivity index (χ1v) is 8.94. The largest absolute Gasteiger partial charge is 0.484 e. The highest BCUT2D eigenvalue weighted by molar-refractivity contribution is 6.24. The Hall–Kier alpha value is -1.98. The number of hydrogen-bond acceptors (Lipinski definition) is 2. The molecule has 1 heterocycles. The minimum atomic E-state index is -4.38. The van der Waals surface area contributed by atoms with Crippen LogP contribution in [0.25, 0.3) is 5.57 Å². The van der Waals surface area contributed by atoms with Crippen LogP contribution in [0.1, 0.15) is 50.3 Å². The van der Waals surface area contributed by atoms with Crippen LogP contribution < -0.4 is 10.1 Å². The van der Waals surface area contributed by atoms with E-state index in [1.807, 2.05) is 20.8 Å². The zero-order valence-corrected chi connectivity index (χ0v) is 15.5. The number of hydrogen-bond donors (Lipinski definition) is 1. The SMILES string of the molecule is CCc1cc(OCC(F)(F)F)cc(C)c1C1=C(C)C(C)(C2CC2)NC1=O. The zero-order chi connectivity index (χ0) is 19.3. The maximum atomic E-state index is 12.7. The fourth-order valence-electron chi connectivity index (χ4n) is 3.90. The molecule has 1 N–H and O–H groups in total. The lowest BCUT2D eigenvalue weighted by Gasteiger charge is -2.26. The van der Waals surface area contributed by atoms with E-state index in [-0.39, 0.29) is 17.2 Å². The summed E-state index contributed by atoms with van der Waals surface area (Å²) in [4.78, 5) is 12.7. The molecule has 1 aromatic carbocycles. The van der Waals surface area contributed by atoms with Crippen molar-refractivity contribution in [2.75, 3.05) is 6.61 Å². The highest BCUT2D eigenvalue weighted by Gasteiger charge is 2.49. The van der Waals surface area contributed by atoms with Crippen molar-refractivity contribution in [3.05, 3.63) is 34.4 Å². The van der Waals surface area contributed by atoms with Gasteiger partial charge in [-0.15, -0.1) is 0 Å². The zero-order valence-electron chi connectivity index (χ0n) is 15.5. The van der Waals surface area contributed by atoms with E-state index in [4.69, 9.17) is 4.74 Å². The molecule has 26 heavy (non-hydrogen) atoms. The van der Waals surface area contributed by atoms with Gasteiger partial charge < -0.3 is 10.1 Å². The molecule has 1 amide bonds. The summed E-state index contributed by atoms with van der Waals surface area (Å²) in [5.41, 5.74) is 3.77. The third-order valence-electron chi connectivity index (χ3n) is 5.57. The van der Waals surface area contributed by atoms with Gasteiger partial charge in [-0.1, -0.05) is 6.92 Å². The minimum Gasteiger partial charge on any atom is -0.484 e. The van der Waals surface area contributed by atoms with Gasteiger partial charge in [0.2, 0.25) is 0 Å². The fraction of sp³-hybridized carbons (Fsp3) is 0.550. The van der Waals surface area contributed by atoms with E-state index >= 15 is 0 Å². The van der Waals surface area contributed by atoms with E-state index in [0.29, 0.717) is 17.9 Å². The molecular formula is C20H24F3NO2. The second kappa shape index (κ2) is 6.32. The van der Waals surface area contributed by atoms with Crippen LogP contribution in [0.15, 0.2) is 17.7 Å². The van der Waals surface area contributed by atoms with Crippen molar-refractivity contribution in [1.29, 1.82) is 0 Å². The van der Waals surface area contributed by atoms with Crippen molar-refractivity contribution in [2.45, 2.75) is 58.7 Å². The van der Waals surface area contributed by atoms with E-state index in [9.17, 15) is 18.0 Å². The predicted octanol–water partition coefficient (Wildman–Crippen LogP) is 4.57. The predicted molar refractivity (Wildman–Crippen MR) is 94.0 cm³/mol. The maximum absolute atomic E-state index is 12.7. The number of carbonyl (C=O) groups is 1. The Morgan fingerprint density at radius 1 is 1.27 bits per heavy atom. The smallest absolute Gasteiger partial charge is 0.422 e. The lowest BCUT2D eigenvalue weighted by Crippen LogP contribution is -2.43. The van der Waals surface area contributed by atoms with Crippen molar-refractivity contribution in [1.82, 2.24) is 5.32 Å². The van der Waals surface area contributed by atoms with Gasteiger partial charge in [-0.2, -0.15) is 13.2 Å². The molecule has 1 saturated carbocycles. The molecule has 1 aliphatic heterocycles. The number of nitrogens with one attached hydrogen (secondary N) is 1. The summed E-state index contributed by atoms with van der Waals surface area (Å²) in [5.74, 6) is 0.546. The lowest BCUT2D eigenvalue weighted by atomic mass is 9.84. The summed E-state index contributed by atoms with van der Waals surface area (Å²) in [6.45, 7) is 6.46. The molecule has 6 heteroatoms. The number of rotatable bonds is 5. The molecule has 1 unspecified atom stereocenters. The maximum Gasteiger partial charge on any atom is 0.422 e. The van der Waals surface area contributed by atoms with Gasteiger partial charge in [-0.3, -0.25) is 4.79 Å². The van der Waals surface area contributed by atoms with Crippen LogP contribution in [0, 0.1) is 12.8 Å². The Labute approximate surface area is 151 Å². The Morgan fingerprint density at radius 3 is 2.46 bits per heavy atom. The Balaban J connectivity index is 2.02. The molecular weight excluding hydrogens is 343 g/mol. The average Bonchev–Trinajstić information content (AvgIpc) is 3.35. The first-order valence-electron chi connectivity index (χ1n) is 8.94. The fourth-order valence-corrected chi connectivity index (χ4v) is 3.90. The average molecular weight is 367 g/mol. The molecule has 0 radical (unpaired) electrons. The number of alkyl halides is 3. The highest BCUT2D eigenvalue weighted by atomic mass is 19.4. The lowest BCUT2D eigenvalue weighted by molar-refractivity contribution is -0.153. The molecule has 0 saturated heterocycles. The first kappa shape index (κ1) is 18.8. The highest BCUT2D eigenvalue weighted by Crippen LogP contribution is 2.49. The number of ether oxygens (including phenoxy) is 1.